The Kier molecular flexibility index (Phi) is 5.33. The van der Waals surface area contributed by atoms with E-state index in [1.165, 1.54) is 17.5 Å². The van der Waals surface area contributed by atoms with Crippen molar-refractivity contribution in [3.63, 3.8) is 0 Å². The lowest BCUT2D eigenvalue weighted by Gasteiger charge is -2.14. The SMILES string of the molecule is CNCCC(C)Cc1cc(C)ccc1OC. The van der Waals surface area contributed by atoms with Gasteiger partial charge in [0, 0.05) is 0 Å². The summed E-state index contributed by atoms with van der Waals surface area (Å²) < 4.78 is 5.39. The van der Waals surface area contributed by atoms with E-state index in [0.29, 0.717) is 5.92 Å². The van der Waals surface area contributed by atoms with Crippen molar-refractivity contribution in [1.29, 1.82) is 0 Å². The van der Waals surface area contributed by atoms with E-state index in [1.807, 2.05) is 7.05 Å². The fraction of sp³-hybridized carbons (Fsp3) is 0.571. The number of hydrogen-bond donors (Lipinski definition) is 1. The van der Waals surface area contributed by atoms with Gasteiger partial charge in [-0.05, 0) is 50.9 Å². The number of nitrogens with one attached hydrogen (secondary N) is 1. The van der Waals surface area contributed by atoms with Crippen LogP contribution in [0.4, 0.5) is 0 Å². The third-order valence-corrected chi connectivity index (χ3v) is 2.89. The van der Waals surface area contributed by atoms with Crippen LogP contribution in [0.3, 0.4) is 0 Å². The van der Waals surface area contributed by atoms with E-state index in [1.54, 1.807) is 7.11 Å². The van der Waals surface area contributed by atoms with E-state index < -0.39 is 0 Å². The Morgan fingerprint density at radius 2 is 2.12 bits per heavy atom. The lowest BCUT2D eigenvalue weighted by Crippen LogP contribution is -2.13. The zero-order valence-electron chi connectivity index (χ0n) is 10.8. The van der Waals surface area contributed by atoms with Crippen LogP contribution in [0, 0.1) is 12.8 Å². The maximum Gasteiger partial charge on any atom is 0.122 e. The van der Waals surface area contributed by atoms with Crippen molar-refractivity contribution in [1.82, 2.24) is 5.32 Å². The highest BCUT2D eigenvalue weighted by atomic mass is 16.5. The van der Waals surface area contributed by atoms with Crippen LogP contribution >= 0.6 is 0 Å². The monoisotopic (exact) mass is 221 g/mol. The highest BCUT2D eigenvalue weighted by Gasteiger charge is 2.08. The van der Waals surface area contributed by atoms with Gasteiger partial charge in [-0.3, -0.25) is 0 Å². The Hall–Kier alpha value is -1.02. The molecule has 0 fully saturated rings. The molecule has 2 nitrogen and oxygen atoms in total. The van der Waals surface area contributed by atoms with E-state index in [0.717, 1.165) is 18.7 Å². The predicted molar refractivity (Wildman–Crippen MR) is 69.1 cm³/mol. The first-order chi connectivity index (χ1) is 7.67. The van der Waals surface area contributed by atoms with Gasteiger partial charge in [-0.1, -0.05) is 24.6 Å². The summed E-state index contributed by atoms with van der Waals surface area (Å²) >= 11 is 0. The molecule has 1 rings (SSSR count). The Balaban J connectivity index is 2.67. The molecule has 0 aliphatic heterocycles. The van der Waals surface area contributed by atoms with Crippen LogP contribution in [0.2, 0.25) is 0 Å². The molecule has 1 unspecified atom stereocenters. The van der Waals surface area contributed by atoms with Crippen LogP contribution in [0.1, 0.15) is 24.5 Å². The minimum Gasteiger partial charge on any atom is -0.496 e. The van der Waals surface area contributed by atoms with Crippen molar-refractivity contribution in [2.75, 3.05) is 20.7 Å². The van der Waals surface area contributed by atoms with Crippen molar-refractivity contribution in [3.8, 4) is 5.75 Å². The van der Waals surface area contributed by atoms with Gasteiger partial charge in [0.25, 0.3) is 0 Å². The fourth-order valence-corrected chi connectivity index (χ4v) is 1.94. The molecule has 0 radical (unpaired) electrons. The van der Waals surface area contributed by atoms with E-state index in [-0.39, 0.29) is 0 Å². The molecule has 2 heteroatoms. The molecule has 0 amide bonds. The maximum absolute atomic E-state index is 5.39. The molecular weight excluding hydrogens is 198 g/mol. The summed E-state index contributed by atoms with van der Waals surface area (Å²) in [6.07, 6.45) is 2.29. The minimum atomic E-state index is 0.683. The third-order valence-electron chi connectivity index (χ3n) is 2.89. The average Bonchev–Trinajstić information content (AvgIpc) is 2.27. The molecule has 1 atom stereocenters. The van der Waals surface area contributed by atoms with Crippen molar-refractivity contribution in [2.24, 2.45) is 5.92 Å². The van der Waals surface area contributed by atoms with Gasteiger partial charge in [0.05, 0.1) is 7.11 Å². The quantitative estimate of drug-likeness (QED) is 0.797. The van der Waals surface area contributed by atoms with Crippen molar-refractivity contribution in [2.45, 2.75) is 26.7 Å². The zero-order valence-corrected chi connectivity index (χ0v) is 10.8. The van der Waals surface area contributed by atoms with Gasteiger partial charge in [0.1, 0.15) is 5.75 Å². The lowest BCUT2D eigenvalue weighted by atomic mass is 9.96. The maximum atomic E-state index is 5.39. The fourth-order valence-electron chi connectivity index (χ4n) is 1.94. The molecule has 1 N–H and O–H groups in total. The molecule has 0 spiro atoms. The average molecular weight is 221 g/mol. The smallest absolute Gasteiger partial charge is 0.122 e. The Morgan fingerprint density at radius 3 is 2.75 bits per heavy atom. The number of rotatable bonds is 6. The van der Waals surface area contributed by atoms with Crippen LogP contribution in [-0.2, 0) is 6.42 Å². The standard InChI is InChI=1S/C14H23NO/c1-11-5-6-14(16-4)13(9-11)10-12(2)7-8-15-3/h5-6,9,12,15H,7-8,10H2,1-4H3. The van der Waals surface area contributed by atoms with Gasteiger partial charge in [0.2, 0.25) is 0 Å². The summed E-state index contributed by atoms with van der Waals surface area (Å²) in [6.45, 7) is 5.50. The van der Waals surface area contributed by atoms with Gasteiger partial charge < -0.3 is 10.1 Å². The summed E-state index contributed by atoms with van der Waals surface area (Å²) in [5.41, 5.74) is 2.63. The van der Waals surface area contributed by atoms with Crippen LogP contribution in [0.5, 0.6) is 5.75 Å². The van der Waals surface area contributed by atoms with Crippen molar-refractivity contribution in [3.05, 3.63) is 29.3 Å². The number of aryl methyl sites for hydroxylation is 1. The second-order valence-electron chi connectivity index (χ2n) is 4.52. The highest BCUT2D eigenvalue weighted by Crippen LogP contribution is 2.23. The second-order valence-corrected chi connectivity index (χ2v) is 4.52. The molecule has 0 heterocycles. The number of hydrogen-bond acceptors (Lipinski definition) is 2. The van der Waals surface area contributed by atoms with E-state index in [9.17, 15) is 0 Å². The van der Waals surface area contributed by atoms with Gasteiger partial charge in [-0.15, -0.1) is 0 Å². The Labute approximate surface area is 99.0 Å². The molecule has 1 aromatic carbocycles. The summed E-state index contributed by atoms with van der Waals surface area (Å²) in [7, 11) is 3.74. The highest BCUT2D eigenvalue weighted by molar-refractivity contribution is 5.37. The number of ether oxygens (including phenoxy) is 1. The van der Waals surface area contributed by atoms with Gasteiger partial charge in [-0.2, -0.15) is 0 Å². The van der Waals surface area contributed by atoms with E-state index >= 15 is 0 Å². The molecule has 0 aliphatic carbocycles. The molecule has 0 aliphatic rings. The Morgan fingerprint density at radius 1 is 1.38 bits per heavy atom. The minimum absolute atomic E-state index is 0.683. The Bertz CT molecular complexity index is 323. The molecule has 16 heavy (non-hydrogen) atoms. The van der Waals surface area contributed by atoms with Crippen molar-refractivity contribution >= 4 is 0 Å². The molecule has 0 saturated carbocycles. The van der Waals surface area contributed by atoms with E-state index in [4.69, 9.17) is 4.74 Å². The summed E-state index contributed by atoms with van der Waals surface area (Å²) in [5.74, 6) is 1.70. The molecule has 0 bridgehead atoms. The summed E-state index contributed by atoms with van der Waals surface area (Å²) in [5, 5.41) is 3.19. The van der Waals surface area contributed by atoms with Gasteiger partial charge in [0.15, 0.2) is 0 Å². The molecule has 90 valence electrons. The van der Waals surface area contributed by atoms with Crippen LogP contribution < -0.4 is 10.1 Å². The molecular formula is C14H23NO. The first-order valence-corrected chi connectivity index (χ1v) is 5.95. The molecule has 0 saturated heterocycles. The topological polar surface area (TPSA) is 21.3 Å². The zero-order chi connectivity index (χ0) is 12.0. The molecule has 1 aromatic rings. The van der Waals surface area contributed by atoms with Crippen LogP contribution in [-0.4, -0.2) is 20.7 Å². The normalized spacial score (nSPS) is 12.5. The lowest BCUT2D eigenvalue weighted by molar-refractivity contribution is 0.403. The van der Waals surface area contributed by atoms with Crippen LogP contribution in [0.15, 0.2) is 18.2 Å². The van der Waals surface area contributed by atoms with Gasteiger partial charge in [-0.25, -0.2) is 0 Å². The summed E-state index contributed by atoms with van der Waals surface area (Å²) in [4.78, 5) is 0. The predicted octanol–water partition coefficient (Wildman–Crippen LogP) is 2.79. The van der Waals surface area contributed by atoms with E-state index in [2.05, 4.69) is 37.4 Å². The first kappa shape index (κ1) is 13.0. The van der Waals surface area contributed by atoms with Crippen LogP contribution in [0.25, 0.3) is 0 Å². The second kappa shape index (κ2) is 6.54. The summed E-state index contributed by atoms with van der Waals surface area (Å²) in [6, 6.07) is 6.39. The van der Waals surface area contributed by atoms with Crippen molar-refractivity contribution < 1.29 is 4.74 Å². The number of benzene rings is 1. The first-order valence-electron chi connectivity index (χ1n) is 5.95. The van der Waals surface area contributed by atoms with Gasteiger partial charge >= 0.3 is 0 Å². The largest absolute Gasteiger partial charge is 0.496 e. The molecule has 0 aromatic heterocycles. The number of methoxy groups -OCH3 is 1. The third kappa shape index (κ3) is 3.86.